The number of ether oxygens (including phenoxy) is 1. The van der Waals surface area contributed by atoms with Crippen LogP contribution in [0, 0.1) is 5.92 Å². The molecular formula is C19H28N2O3. The Hall–Kier alpha value is -2.04. The molecule has 0 heterocycles. The normalized spacial score (nSPS) is 24.0. The SMILES string of the molecule is CCC1C[C@]1(NC(=O)OC(C)(C)C)C(=O)N[C@@H](C)c1ccccc1. The number of rotatable bonds is 5. The van der Waals surface area contributed by atoms with Crippen molar-refractivity contribution in [3.63, 3.8) is 0 Å². The van der Waals surface area contributed by atoms with Gasteiger partial charge in [-0.15, -0.1) is 0 Å². The molecule has 0 radical (unpaired) electrons. The topological polar surface area (TPSA) is 67.4 Å². The molecule has 24 heavy (non-hydrogen) atoms. The van der Waals surface area contributed by atoms with Gasteiger partial charge in [0.2, 0.25) is 5.91 Å². The Morgan fingerprint density at radius 1 is 1.29 bits per heavy atom. The van der Waals surface area contributed by atoms with Crippen molar-refractivity contribution in [2.75, 3.05) is 0 Å². The first-order valence-corrected chi connectivity index (χ1v) is 8.55. The quantitative estimate of drug-likeness (QED) is 0.866. The van der Waals surface area contributed by atoms with Gasteiger partial charge in [-0.1, -0.05) is 43.7 Å². The lowest BCUT2D eigenvalue weighted by molar-refractivity contribution is -0.125. The molecule has 1 aromatic carbocycles. The largest absolute Gasteiger partial charge is 0.444 e. The van der Waals surface area contributed by atoms with E-state index in [-0.39, 0.29) is 17.9 Å². The summed E-state index contributed by atoms with van der Waals surface area (Å²) < 4.78 is 5.32. The molecular weight excluding hydrogens is 304 g/mol. The molecule has 1 aliphatic carbocycles. The standard InChI is InChI=1S/C19H28N2O3/c1-6-15-12-19(15,21-17(23)24-18(3,4)5)16(22)20-13(2)14-10-8-7-9-11-14/h7-11,13,15H,6,12H2,1-5H3,(H,20,22)(H,21,23)/t13-,15?,19+/m0/s1. The van der Waals surface area contributed by atoms with Crippen LogP contribution in [0.5, 0.6) is 0 Å². The number of nitrogens with one attached hydrogen (secondary N) is 2. The molecule has 1 fully saturated rings. The molecule has 2 rings (SSSR count). The van der Waals surface area contributed by atoms with Gasteiger partial charge in [0.05, 0.1) is 6.04 Å². The summed E-state index contributed by atoms with van der Waals surface area (Å²) in [6.07, 6.45) is 0.944. The molecule has 132 valence electrons. The highest BCUT2D eigenvalue weighted by atomic mass is 16.6. The third kappa shape index (κ3) is 4.28. The van der Waals surface area contributed by atoms with E-state index >= 15 is 0 Å². The van der Waals surface area contributed by atoms with E-state index in [0.29, 0.717) is 6.42 Å². The van der Waals surface area contributed by atoms with E-state index in [1.807, 2.05) is 44.2 Å². The zero-order valence-electron chi connectivity index (χ0n) is 15.2. The second-order valence-corrected chi connectivity index (χ2v) is 7.51. The number of amides is 2. The van der Waals surface area contributed by atoms with Crippen molar-refractivity contribution >= 4 is 12.0 Å². The van der Waals surface area contributed by atoms with Crippen LogP contribution < -0.4 is 10.6 Å². The lowest BCUT2D eigenvalue weighted by Crippen LogP contribution is -2.52. The minimum Gasteiger partial charge on any atom is -0.444 e. The second kappa shape index (κ2) is 6.83. The molecule has 0 spiro atoms. The van der Waals surface area contributed by atoms with Gasteiger partial charge in [0, 0.05) is 0 Å². The fraction of sp³-hybridized carbons (Fsp3) is 0.579. The van der Waals surface area contributed by atoms with Gasteiger partial charge in [-0.25, -0.2) is 4.79 Å². The third-order valence-corrected chi connectivity index (χ3v) is 4.37. The van der Waals surface area contributed by atoms with E-state index in [2.05, 4.69) is 10.6 Å². The molecule has 0 bridgehead atoms. The summed E-state index contributed by atoms with van der Waals surface area (Å²) in [5, 5.41) is 5.83. The average Bonchev–Trinajstić information content (AvgIpc) is 3.20. The van der Waals surface area contributed by atoms with Crippen LogP contribution in [0.4, 0.5) is 4.79 Å². The number of carbonyl (C=O) groups is 2. The molecule has 1 aromatic rings. The minimum atomic E-state index is -0.847. The summed E-state index contributed by atoms with van der Waals surface area (Å²) in [6, 6.07) is 9.66. The Morgan fingerprint density at radius 2 is 1.92 bits per heavy atom. The van der Waals surface area contributed by atoms with Crippen LogP contribution >= 0.6 is 0 Å². The maximum absolute atomic E-state index is 12.8. The Bertz CT molecular complexity index is 594. The lowest BCUT2D eigenvalue weighted by Gasteiger charge is -2.25. The summed E-state index contributed by atoms with van der Waals surface area (Å²) in [5.41, 5.74) is -0.400. The van der Waals surface area contributed by atoms with Crippen LogP contribution in [-0.4, -0.2) is 23.1 Å². The molecule has 5 nitrogen and oxygen atoms in total. The van der Waals surface area contributed by atoms with Crippen molar-refractivity contribution in [1.29, 1.82) is 0 Å². The van der Waals surface area contributed by atoms with E-state index in [1.54, 1.807) is 20.8 Å². The van der Waals surface area contributed by atoms with Gasteiger partial charge >= 0.3 is 6.09 Å². The predicted octanol–water partition coefficient (Wildman–Crippen LogP) is 3.56. The average molecular weight is 332 g/mol. The maximum Gasteiger partial charge on any atom is 0.408 e. The number of alkyl carbamates (subject to hydrolysis) is 1. The van der Waals surface area contributed by atoms with Gasteiger partial charge in [0.15, 0.2) is 0 Å². The van der Waals surface area contributed by atoms with Gasteiger partial charge in [0.1, 0.15) is 11.1 Å². The van der Waals surface area contributed by atoms with Crippen molar-refractivity contribution in [2.45, 2.75) is 64.6 Å². The molecule has 3 atom stereocenters. The van der Waals surface area contributed by atoms with E-state index in [9.17, 15) is 9.59 Å². The third-order valence-electron chi connectivity index (χ3n) is 4.37. The van der Waals surface area contributed by atoms with Gasteiger partial charge in [-0.2, -0.15) is 0 Å². The molecule has 0 saturated heterocycles. The second-order valence-electron chi connectivity index (χ2n) is 7.51. The fourth-order valence-corrected chi connectivity index (χ4v) is 2.95. The Labute approximate surface area is 144 Å². The van der Waals surface area contributed by atoms with Crippen LogP contribution in [-0.2, 0) is 9.53 Å². The first kappa shape index (κ1) is 18.3. The molecule has 2 N–H and O–H groups in total. The Morgan fingerprint density at radius 3 is 2.42 bits per heavy atom. The highest BCUT2D eigenvalue weighted by Crippen LogP contribution is 2.46. The summed E-state index contributed by atoms with van der Waals surface area (Å²) in [5.74, 6) is 0.00422. The van der Waals surface area contributed by atoms with Gasteiger partial charge in [0.25, 0.3) is 0 Å². The van der Waals surface area contributed by atoms with Crippen LogP contribution in [0.25, 0.3) is 0 Å². The molecule has 1 unspecified atom stereocenters. The highest BCUT2D eigenvalue weighted by molar-refractivity contribution is 5.93. The predicted molar refractivity (Wildman–Crippen MR) is 93.5 cm³/mol. The van der Waals surface area contributed by atoms with Gasteiger partial charge in [-0.3, -0.25) is 4.79 Å². The first-order valence-electron chi connectivity index (χ1n) is 8.55. The molecule has 2 amide bonds. The van der Waals surface area contributed by atoms with Crippen molar-refractivity contribution in [3.8, 4) is 0 Å². The molecule has 0 aliphatic heterocycles. The van der Waals surface area contributed by atoms with Crippen LogP contribution in [0.3, 0.4) is 0 Å². The fourth-order valence-electron chi connectivity index (χ4n) is 2.95. The van der Waals surface area contributed by atoms with Crippen LogP contribution in [0.15, 0.2) is 30.3 Å². The van der Waals surface area contributed by atoms with E-state index in [1.165, 1.54) is 0 Å². The van der Waals surface area contributed by atoms with Crippen molar-refractivity contribution in [3.05, 3.63) is 35.9 Å². The van der Waals surface area contributed by atoms with E-state index < -0.39 is 17.2 Å². The lowest BCUT2D eigenvalue weighted by atomic mass is 10.1. The zero-order chi connectivity index (χ0) is 18.0. The zero-order valence-corrected chi connectivity index (χ0v) is 15.2. The Kier molecular flexibility index (Phi) is 5.21. The molecule has 0 aromatic heterocycles. The number of hydrogen-bond acceptors (Lipinski definition) is 3. The monoisotopic (exact) mass is 332 g/mol. The van der Waals surface area contributed by atoms with Crippen LogP contribution in [0.1, 0.15) is 59.1 Å². The Balaban J connectivity index is 2.04. The van der Waals surface area contributed by atoms with Crippen molar-refractivity contribution < 1.29 is 14.3 Å². The summed E-state index contributed by atoms with van der Waals surface area (Å²) >= 11 is 0. The summed E-state index contributed by atoms with van der Waals surface area (Å²) in [6.45, 7) is 9.39. The van der Waals surface area contributed by atoms with E-state index in [0.717, 1.165) is 12.0 Å². The molecule has 1 aliphatic rings. The smallest absolute Gasteiger partial charge is 0.408 e. The molecule has 1 saturated carbocycles. The van der Waals surface area contributed by atoms with Gasteiger partial charge in [-0.05, 0) is 45.6 Å². The first-order chi connectivity index (χ1) is 11.2. The van der Waals surface area contributed by atoms with Gasteiger partial charge < -0.3 is 15.4 Å². The van der Waals surface area contributed by atoms with Crippen molar-refractivity contribution in [1.82, 2.24) is 10.6 Å². The van der Waals surface area contributed by atoms with Crippen molar-refractivity contribution in [2.24, 2.45) is 5.92 Å². The van der Waals surface area contributed by atoms with E-state index in [4.69, 9.17) is 4.74 Å². The number of carbonyl (C=O) groups excluding carboxylic acids is 2. The number of benzene rings is 1. The summed E-state index contributed by atoms with van der Waals surface area (Å²) in [7, 11) is 0. The highest BCUT2D eigenvalue weighted by Gasteiger charge is 2.60. The number of hydrogen-bond donors (Lipinski definition) is 2. The maximum atomic E-state index is 12.8. The van der Waals surface area contributed by atoms with Crippen LogP contribution in [0.2, 0.25) is 0 Å². The summed E-state index contributed by atoms with van der Waals surface area (Å²) in [4.78, 5) is 24.9. The molecule has 5 heteroatoms. The minimum absolute atomic E-state index is 0.117.